The Morgan fingerprint density at radius 3 is 2.12 bits per heavy atom. The molecule has 8 heavy (non-hydrogen) atoms. The Labute approximate surface area is 91.4 Å². The standard InChI is InChI=1S/C5H8O2.K/c1-3-4(2)5(6)7;/h2-3H2,1H3,(H,6,7);. The molecule has 1 N–H and O–H groups in total. The van der Waals surface area contributed by atoms with Crippen LogP contribution in [0.5, 0.6) is 0 Å². The summed E-state index contributed by atoms with van der Waals surface area (Å²) in [6.45, 7) is 5.03. The van der Waals surface area contributed by atoms with Gasteiger partial charge in [-0.25, -0.2) is 4.79 Å². The molecule has 0 aliphatic heterocycles. The molecule has 0 aliphatic rings. The van der Waals surface area contributed by atoms with Crippen LogP contribution in [-0.4, -0.2) is 62.5 Å². The zero-order chi connectivity index (χ0) is 5.86. The van der Waals surface area contributed by atoms with Crippen LogP contribution in [0.2, 0.25) is 0 Å². The molecule has 0 amide bonds. The maximum absolute atomic E-state index is 9.83. The van der Waals surface area contributed by atoms with Crippen LogP contribution in [0.1, 0.15) is 13.3 Å². The summed E-state index contributed by atoms with van der Waals surface area (Å²) in [7, 11) is 0. The first-order valence-corrected chi connectivity index (χ1v) is 2.09. The Bertz CT molecular complexity index is 98.6. The summed E-state index contributed by atoms with van der Waals surface area (Å²) in [5, 5.41) is 8.08. The average molecular weight is 139 g/mol. The smallest absolute Gasteiger partial charge is 0.330 e. The van der Waals surface area contributed by atoms with Gasteiger partial charge in [0.1, 0.15) is 0 Å². The van der Waals surface area contributed by atoms with Crippen molar-refractivity contribution in [3.63, 3.8) is 0 Å². The summed E-state index contributed by atoms with van der Waals surface area (Å²) in [5.41, 5.74) is 0.264. The molecular weight excluding hydrogens is 131 g/mol. The predicted molar refractivity (Wildman–Crippen MR) is 32.8 cm³/mol. The molecule has 0 bridgehead atoms. The normalized spacial score (nSPS) is 7.12. The van der Waals surface area contributed by atoms with Gasteiger partial charge in [-0.05, 0) is 6.42 Å². The molecule has 0 fully saturated rings. The molecule has 2 nitrogen and oxygen atoms in total. The average Bonchev–Trinajstić information content (AvgIpc) is 1.65. The maximum atomic E-state index is 9.83. The third-order valence-electron chi connectivity index (χ3n) is 0.729. The van der Waals surface area contributed by atoms with Gasteiger partial charge in [0.25, 0.3) is 0 Å². The fourth-order valence-electron chi connectivity index (χ4n) is 0.151. The van der Waals surface area contributed by atoms with E-state index < -0.39 is 5.97 Å². The summed E-state index contributed by atoms with van der Waals surface area (Å²) in [5.74, 6) is -0.900. The first kappa shape index (κ1) is 11.6. The van der Waals surface area contributed by atoms with Gasteiger partial charge in [0.15, 0.2) is 0 Å². The summed E-state index contributed by atoms with van der Waals surface area (Å²) in [6, 6.07) is 0. The minimum atomic E-state index is -0.900. The minimum Gasteiger partial charge on any atom is -0.478 e. The number of hydrogen-bond acceptors (Lipinski definition) is 1. The van der Waals surface area contributed by atoms with Crippen LogP contribution < -0.4 is 0 Å². The first-order chi connectivity index (χ1) is 3.18. The molecule has 41 valence electrons. The zero-order valence-electron chi connectivity index (χ0n) is 5.27. The van der Waals surface area contributed by atoms with E-state index in [4.69, 9.17) is 5.11 Å². The van der Waals surface area contributed by atoms with Crippen LogP contribution in [0.3, 0.4) is 0 Å². The van der Waals surface area contributed by atoms with E-state index in [9.17, 15) is 4.79 Å². The second-order valence-electron chi connectivity index (χ2n) is 1.26. The van der Waals surface area contributed by atoms with Crippen LogP contribution in [-0.2, 0) is 4.79 Å². The van der Waals surface area contributed by atoms with Crippen LogP contribution in [0.15, 0.2) is 12.2 Å². The van der Waals surface area contributed by atoms with Crippen molar-refractivity contribution in [2.75, 3.05) is 0 Å². The van der Waals surface area contributed by atoms with Crippen molar-refractivity contribution in [3.8, 4) is 0 Å². The van der Waals surface area contributed by atoms with Gasteiger partial charge in [-0.2, -0.15) is 0 Å². The van der Waals surface area contributed by atoms with E-state index in [0.29, 0.717) is 6.42 Å². The first-order valence-electron chi connectivity index (χ1n) is 2.09. The summed E-state index contributed by atoms with van der Waals surface area (Å²) >= 11 is 0. The van der Waals surface area contributed by atoms with Crippen molar-refractivity contribution in [1.29, 1.82) is 0 Å². The van der Waals surface area contributed by atoms with E-state index in [2.05, 4.69) is 6.58 Å². The fraction of sp³-hybridized carbons (Fsp3) is 0.400. The summed E-state index contributed by atoms with van der Waals surface area (Å²) in [6.07, 6.45) is 0.523. The van der Waals surface area contributed by atoms with E-state index in [0.717, 1.165) is 0 Å². The van der Waals surface area contributed by atoms with Crippen LogP contribution in [0, 0.1) is 0 Å². The number of aliphatic carboxylic acids is 1. The third-order valence-corrected chi connectivity index (χ3v) is 0.729. The predicted octanol–water partition coefficient (Wildman–Crippen LogP) is 0.656. The second-order valence-corrected chi connectivity index (χ2v) is 1.26. The van der Waals surface area contributed by atoms with E-state index in [1.165, 1.54) is 0 Å². The molecule has 0 saturated carbocycles. The molecule has 0 aromatic rings. The largest absolute Gasteiger partial charge is 0.478 e. The molecular formula is C5H8KO2. The quantitative estimate of drug-likeness (QED) is 0.450. The Balaban J connectivity index is 0. The third kappa shape index (κ3) is 4.99. The van der Waals surface area contributed by atoms with E-state index in [1.54, 1.807) is 6.92 Å². The fourth-order valence-corrected chi connectivity index (χ4v) is 0.151. The van der Waals surface area contributed by atoms with Crippen LogP contribution in [0.4, 0.5) is 0 Å². The second kappa shape index (κ2) is 5.97. The molecule has 0 rings (SSSR count). The molecule has 0 aromatic carbocycles. The molecule has 0 aromatic heterocycles. The number of carbonyl (C=O) groups is 1. The maximum Gasteiger partial charge on any atom is 0.330 e. The Hall–Kier alpha value is 0.846. The number of rotatable bonds is 2. The Kier molecular flexibility index (Phi) is 8.68. The molecule has 0 aliphatic carbocycles. The molecule has 3 heteroatoms. The van der Waals surface area contributed by atoms with Crippen molar-refractivity contribution in [2.24, 2.45) is 0 Å². The zero-order valence-corrected chi connectivity index (χ0v) is 8.39. The van der Waals surface area contributed by atoms with Gasteiger partial charge in [0.05, 0.1) is 0 Å². The minimum absolute atomic E-state index is 0. The van der Waals surface area contributed by atoms with Gasteiger partial charge >= 0.3 is 5.97 Å². The summed E-state index contributed by atoms with van der Waals surface area (Å²) in [4.78, 5) is 9.83. The van der Waals surface area contributed by atoms with Gasteiger partial charge < -0.3 is 5.11 Å². The molecule has 0 saturated heterocycles. The van der Waals surface area contributed by atoms with Crippen molar-refractivity contribution < 1.29 is 9.90 Å². The van der Waals surface area contributed by atoms with Crippen LogP contribution >= 0.6 is 0 Å². The van der Waals surface area contributed by atoms with Gasteiger partial charge in [-0.1, -0.05) is 13.5 Å². The van der Waals surface area contributed by atoms with E-state index in [-0.39, 0.29) is 57.0 Å². The number of carboxylic acids is 1. The molecule has 0 unspecified atom stereocenters. The van der Waals surface area contributed by atoms with Gasteiger partial charge in [-0.3, -0.25) is 0 Å². The van der Waals surface area contributed by atoms with E-state index in [1.807, 2.05) is 0 Å². The van der Waals surface area contributed by atoms with Gasteiger partial charge in [0, 0.05) is 57.0 Å². The molecule has 0 spiro atoms. The monoisotopic (exact) mass is 139 g/mol. The molecule has 1 radical (unpaired) electrons. The topological polar surface area (TPSA) is 37.3 Å². The van der Waals surface area contributed by atoms with E-state index >= 15 is 0 Å². The van der Waals surface area contributed by atoms with Gasteiger partial charge in [0.2, 0.25) is 0 Å². The van der Waals surface area contributed by atoms with Crippen LogP contribution in [0.25, 0.3) is 0 Å². The van der Waals surface area contributed by atoms with Crippen molar-refractivity contribution in [2.45, 2.75) is 13.3 Å². The molecule has 0 atom stereocenters. The Morgan fingerprint density at radius 1 is 1.75 bits per heavy atom. The number of carboxylic acid groups (broad SMARTS) is 1. The number of hydrogen-bond donors (Lipinski definition) is 1. The summed E-state index contributed by atoms with van der Waals surface area (Å²) < 4.78 is 0. The van der Waals surface area contributed by atoms with Crippen molar-refractivity contribution in [1.82, 2.24) is 0 Å². The SMILES string of the molecule is C=C(CC)C(=O)O.[K]. The Morgan fingerprint density at radius 2 is 2.12 bits per heavy atom. The van der Waals surface area contributed by atoms with Crippen molar-refractivity contribution in [3.05, 3.63) is 12.2 Å². The van der Waals surface area contributed by atoms with Gasteiger partial charge in [-0.15, -0.1) is 0 Å². The molecule has 0 heterocycles. The van der Waals surface area contributed by atoms with Crippen molar-refractivity contribution >= 4 is 57.4 Å².